The number of pyridine rings is 1. The second-order valence-electron chi connectivity index (χ2n) is 7.95. The molecule has 0 unspecified atom stereocenters. The van der Waals surface area contributed by atoms with Gasteiger partial charge in [-0.3, -0.25) is 4.79 Å². The van der Waals surface area contributed by atoms with Gasteiger partial charge in [-0.15, -0.1) is 0 Å². The summed E-state index contributed by atoms with van der Waals surface area (Å²) in [6, 6.07) is 9.46. The fourth-order valence-electron chi connectivity index (χ4n) is 4.16. The van der Waals surface area contributed by atoms with Crippen LogP contribution in [0.3, 0.4) is 0 Å². The molecule has 1 aliphatic rings. The second-order valence-corrected chi connectivity index (χ2v) is 7.95. The molecule has 1 amide bonds. The number of anilines is 1. The van der Waals surface area contributed by atoms with E-state index in [4.69, 9.17) is 15.6 Å². The minimum Gasteiger partial charge on any atom is -0.436 e. The Bertz CT molecular complexity index is 1370. The average Bonchev–Trinajstić information content (AvgIpc) is 3.26. The molecule has 0 bridgehead atoms. The van der Waals surface area contributed by atoms with Gasteiger partial charge in [-0.25, -0.2) is 24.0 Å². The Morgan fingerprint density at radius 1 is 1.21 bits per heavy atom. The topological polar surface area (TPSA) is 112 Å². The van der Waals surface area contributed by atoms with Crippen molar-refractivity contribution in [3.63, 3.8) is 0 Å². The van der Waals surface area contributed by atoms with E-state index in [0.29, 0.717) is 41.2 Å². The quantitative estimate of drug-likeness (QED) is 0.452. The molecule has 4 heterocycles. The monoisotopic (exact) mass is 459 g/mol. The normalized spacial score (nSPS) is 15.9. The molecular weight excluding hydrogens is 437 g/mol. The lowest BCUT2D eigenvalue weighted by Gasteiger charge is -2.32. The van der Waals surface area contributed by atoms with Crippen LogP contribution in [0.4, 0.5) is 10.2 Å². The number of ether oxygens (including phenoxy) is 1. The van der Waals surface area contributed by atoms with Crippen LogP contribution in [0, 0.1) is 5.82 Å². The molecule has 5 rings (SSSR count). The summed E-state index contributed by atoms with van der Waals surface area (Å²) in [5.41, 5.74) is 8.06. The number of hydrogen-bond donors (Lipinski definition) is 1. The van der Waals surface area contributed by atoms with Crippen molar-refractivity contribution in [1.82, 2.24) is 29.6 Å². The van der Waals surface area contributed by atoms with Crippen LogP contribution in [0.25, 0.3) is 22.3 Å². The predicted octanol–water partition coefficient (Wildman–Crippen LogP) is 3.75. The lowest BCUT2D eigenvalue weighted by molar-refractivity contribution is -0.127. The van der Waals surface area contributed by atoms with Gasteiger partial charge in [-0.05, 0) is 37.1 Å². The minimum absolute atomic E-state index is 0.0696. The maximum atomic E-state index is 13.9. The van der Waals surface area contributed by atoms with Crippen molar-refractivity contribution >= 4 is 22.8 Å². The molecule has 1 atom stereocenters. The van der Waals surface area contributed by atoms with Crippen LogP contribution in [0.15, 0.2) is 61.6 Å². The first kappa shape index (κ1) is 21.5. The molecule has 34 heavy (non-hydrogen) atoms. The van der Waals surface area contributed by atoms with E-state index in [9.17, 15) is 9.18 Å². The smallest absolute Gasteiger partial charge is 0.246 e. The highest BCUT2D eigenvalue weighted by atomic mass is 19.1. The van der Waals surface area contributed by atoms with Gasteiger partial charge in [0.15, 0.2) is 17.2 Å². The third-order valence-electron chi connectivity index (χ3n) is 5.81. The Kier molecular flexibility index (Phi) is 5.62. The summed E-state index contributed by atoms with van der Waals surface area (Å²) in [4.78, 5) is 26.8. The predicted molar refractivity (Wildman–Crippen MR) is 124 cm³/mol. The molecule has 3 aromatic heterocycles. The van der Waals surface area contributed by atoms with E-state index >= 15 is 0 Å². The number of likely N-dealkylation sites (tertiary alicyclic amines) is 1. The highest BCUT2D eigenvalue weighted by Crippen LogP contribution is 2.34. The van der Waals surface area contributed by atoms with Gasteiger partial charge in [-0.2, -0.15) is 5.10 Å². The van der Waals surface area contributed by atoms with Gasteiger partial charge in [0.25, 0.3) is 0 Å². The zero-order chi connectivity index (χ0) is 23.7. The summed E-state index contributed by atoms with van der Waals surface area (Å²) in [6.07, 6.45) is 5.99. The Hall–Kier alpha value is -4.34. The highest BCUT2D eigenvalue weighted by molar-refractivity contribution is 5.98. The van der Waals surface area contributed by atoms with Crippen molar-refractivity contribution in [2.24, 2.45) is 0 Å². The third kappa shape index (κ3) is 3.94. The fraction of sp³-hybridized carbons (Fsp3) is 0.208. The number of hydrogen-bond acceptors (Lipinski definition) is 7. The van der Waals surface area contributed by atoms with E-state index in [-0.39, 0.29) is 23.6 Å². The van der Waals surface area contributed by atoms with Crippen LogP contribution >= 0.6 is 0 Å². The summed E-state index contributed by atoms with van der Waals surface area (Å²) >= 11 is 0. The molecule has 0 radical (unpaired) electrons. The minimum atomic E-state index is -0.473. The summed E-state index contributed by atoms with van der Waals surface area (Å²) < 4.78 is 21.3. The lowest BCUT2D eigenvalue weighted by atomic mass is 10.1. The van der Waals surface area contributed by atoms with E-state index in [1.807, 2.05) is 4.68 Å². The standard InChI is InChI=1S/C24H22FN7O2/c1-2-20(33)31-11-5-6-16(13-31)32-24-21(23(26)28-14-29-24)22(30-32)15-9-10-19(27-12-15)34-18-8-4-3-7-17(18)25/h2-4,7-10,12,14,16H,1,5-6,11,13H2,(H2,26,28,29)/t16-/m1/s1. The molecule has 4 aromatic rings. The molecule has 0 aliphatic carbocycles. The molecule has 1 fully saturated rings. The number of benzene rings is 1. The number of piperidine rings is 1. The molecular formula is C24H22FN7O2. The van der Waals surface area contributed by atoms with Crippen molar-refractivity contribution in [3.05, 3.63) is 67.4 Å². The van der Waals surface area contributed by atoms with Crippen LogP contribution in [-0.4, -0.2) is 48.6 Å². The number of nitrogen functional groups attached to an aromatic ring is 1. The van der Waals surface area contributed by atoms with Gasteiger partial charge in [0.1, 0.15) is 17.8 Å². The van der Waals surface area contributed by atoms with E-state index in [1.54, 1.807) is 35.4 Å². The zero-order valence-electron chi connectivity index (χ0n) is 18.3. The summed E-state index contributed by atoms with van der Waals surface area (Å²) in [5, 5.41) is 5.43. The molecule has 0 saturated carbocycles. The van der Waals surface area contributed by atoms with Crippen molar-refractivity contribution < 1.29 is 13.9 Å². The molecule has 1 aliphatic heterocycles. The molecule has 10 heteroatoms. The third-order valence-corrected chi connectivity index (χ3v) is 5.81. The first-order valence-corrected chi connectivity index (χ1v) is 10.8. The molecule has 9 nitrogen and oxygen atoms in total. The number of amides is 1. The molecule has 1 saturated heterocycles. The van der Waals surface area contributed by atoms with Crippen LogP contribution in [0.2, 0.25) is 0 Å². The Balaban J connectivity index is 1.50. The van der Waals surface area contributed by atoms with Crippen molar-refractivity contribution in [3.8, 4) is 22.9 Å². The number of nitrogens with zero attached hydrogens (tertiary/aromatic N) is 6. The summed E-state index contributed by atoms with van der Waals surface area (Å²) in [5.74, 6) is 0.0520. The van der Waals surface area contributed by atoms with Crippen molar-refractivity contribution in [2.75, 3.05) is 18.8 Å². The van der Waals surface area contributed by atoms with E-state index in [0.717, 1.165) is 12.8 Å². The van der Waals surface area contributed by atoms with Crippen molar-refractivity contribution in [1.29, 1.82) is 0 Å². The van der Waals surface area contributed by atoms with Gasteiger partial charge in [0, 0.05) is 30.9 Å². The SMILES string of the molecule is C=CC(=O)N1CCC[C@@H](n2nc(-c3ccc(Oc4ccccc4F)nc3)c3c(N)ncnc32)C1. The molecule has 172 valence electrons. The Morgan fingerprint density at radius 3 is 2.82 bits per heavy atom. The van der Waals surface area contributed by atoms with Gasteiger partial charge < -0.3 is 15.4 Å². The van der Waals surface area contributed by atoms with Crippen molar-refractivity contribution in [2.45, 2.75) is 18.9 Å². The Morgan fingerprint density at radius 2 is 2.06 bits per heavy atom. The maximum absolute atomic E-state index is 13.9. The maximum Gasteiger partial charge on any atom is 0.246 e. The van der Waals surface area contributed by atoms with Gasteiger partial charge in [0.05, 0.1) is 11.4 Å². The van der Waals surface area contributed by atoms with E-state index in [1.165, 1.54) is 24.5 Å². The number of rotatable bonds is 5. The van der Waals surface area contributed by atoms with E-state index in [2.05, 4.69) is 21.5 Å². The van der Waals surface area contributed by atoms with Crippen LogP contribution in [0.1, 0.15) is 18.9 Å². The summed E-state index contributed by atoms with van der Waals surface area (Å²) in [6.45, 7) is 4.77. The first-order chi connectivity index (χ1) is 16.5. The number of aromatic nitrogens is 5. The number of carbonyl (C=O) groups excluding carboxylic acids is 1. The average molecular weight is 459 g/mol. The second kappa shape index (κ2) is 8.89. The molecule has 2 N–H and O–H groups in total. The number of nitrogens with two attached hydrogens (primary N) is 1. The van der Waals surface area contributed by atoms with Gasteiger partial charge in [-0.1, -0.05) is 18.7 Å². The highest BCUT2D eigenvalue weighted by Gasteiger charge is 2.28. The molecule has 1 aromatic carbocycles. The number of fused-ring (bicyclic) bond motifs is 1. The lowest BCUT2D eigenvalue weighted by Crippen LogP contribution is -2.40. The summed E-state index contributed by atoms with van der Waals surface area (Å²) in [7, 11) is 0. The number of halogens is 1. The first-order valence-electron chi connectivity index (χ1n) is 10.8. The zero-order valence-corrected chi connectivity index (χ0v) is 18.3. The number of para-hydroxylation sites is 1. The largest absolute Gasteiger partial charge is 0.436 e. The molecule has 0 spiro atoms. The van der Waals surface area contributed by atoms with E-state index < -0.39 is 5.82 Å². The van der Waals surface area contributed by atoms with Gasteiger partial charge >= 0.3 is 0 Å². The van der Waals surface area contributed by atoms with Crippen LogP contribution in [0.5, 0.6) is 11.6 Å². The van der Waals surface area contributed by atoms with Gasteiger partial charge in [0.2, 0.25) is 11.8 Å². The van der Waals surface area contributed by atoms with Crippen LogP contribution in [-0.2, 0) is 4.79 Å². The fourth-order valence-corrected chi connectivity index (χ4v) is 4.16. The number of carbonyl (C=O) groups is 1. The Labute approximate surface area is 194 Å². The van der Waals surface area contributed by atoms with Crippen LogP contribution < -0.4 is 10.5 Å².